The quantitative estimate of drug-likeness (QED) is 0.796. The Balaban J connectivity index is 1.54. The third-order valence-electron chi connectivity index (χ3n) is 4.40. The molecule has 124 valence electrons. The van der Waals surface area contributed by atoms with Crippen LogP contribution in [0, 0.1) is 0 Å². The van der Waals surface area contributed by atoms with Gasteiger partial charge in [0.25, 0.3) is 0 Å². The highest BCUT2D eigenvalue weighted by Crippen LogP contribution is 2.27. The lowest BCUT2D eigenvalue weighted by molar-refractivity contribution is -0.133. The highest BCUT2D eigenvalue weighted by atomic mass is 16.2. The number of tetrazole rings is 1. The molecular weight excluding hydrogens is 294 g/mol. The van der Waals surface area contributed by atoms with Gasteiger partial charge in [-0.2, -0.15) is 0 Å². The maximum atomic E-state index is 12.3. The third-order valence-corrected chi connectivity index (χ3v) is 4.40. The fourth-order valence-electron chi connectivity index (χ4n) is 3.08. The summed E-state index contributed by atoms with van der Waals surface area (Å²) >= 11 is 0. The molecule has 0 aliphatic carbocycles. The fraction of sp³-hybridized carbons (Fsp3) is 0.667. The summed E-state index contributed by atoms with van der Waals surface area (Å²) in [5, 5.41) is 10.8. The van der Waals surface area contributed by atoms with E-state index in [2.05, 4.69) is 38.2 Å². The standard InChI is InChI=1S/C15H23N7O/c1-2-3-7-21-10-6-16-15(21)13-4-8-20(9-5-13)14(23)11-22-12-17-18-19-22/h6,10,12-13H,2-5,7-9,11H2,1H3. The smallest absolute Gasteiger partial charge is 0.244 e. The molecule has 1 amide bonds. The lowest BCUT2D eigenvalue weighted by atomic mass is 9.95. The summed E-state index contributed by atoms with van der Waals surface area (Å²) in [4.78, 5) is 18.7. The minimum Gasteiger partial charge on any atom is -0.341 e. The van der Waals surface area contributed by atoms with Crippen molar-refractivity contribution in [3.05, 3.63) is 24.5 Å². The molecular formula is C15H23N7O. The number of carbonyl (C=O) groups excluding carboxylic acids is 1. The highest BCUT2D eigenvalue weighted by molar-refractivity contribution is 5.75. The number of aryl methyl sites for hydroxylation is 1. The van der Waals surface area contributed by atoms with Crippen LogP contribution in [0.2, 0.25) is 0 Å². The molecule has 23 heavy (non-hydrogen) atoms. The number of piperidine rings is 1. The number of rotatable bonds is 6. The molecule has 8 heteroatoms. The van der Waals surface area contributed by atoms with Crippen LogP contribution in [0.15, 0.2) is 18.7 Å². The summed E-state index contributed by atoms with van der Waals surface area (Å²) < 4.78 is 3.73. The lowest BCUT2D eigenvalue weighted by Crippen LogP contribution is -2.40. The second-order valence-electron chi connectivity index (χ2n) is 5.99. The van der Waals surface area contributed by atoms with Gasteiger partial charge in [-0.15, -0.1) is 5.10 Å². The zero-order valence-electron chi connectivity index (χ0n) is 13.5. The van der Waals surface area contributed by atoms with Crippen LogP contribution in [0.4, 0.5) is 0 Å². The summed E-state index contributed by atoms with van der Waals surface area (Å²) in [6, 6.07) is 0. The maximum Gasteiger partial charge on any atom is 0.244 e. The van der Waals surface area contributed by atoms with Crippen molar-refractivity contribution in [1.82, 2.24) is 34.7 Å². The number of nitrogens with zero attached hydrogens (tertiary/aromatic N) is 7. The van der Waals surface area contributed by atoms with Crippen molar-refractivity contribution in [2.24, 2.45) is 0 Å². The first-order chi connectivity index (χ1) is 11.3. The first kappa shape index (κ1) is 15.6. The van der Waals surface area contributed by atoms with Crippen LogP contribution in [0.1, 0.15) is 44.3 Å². The molecule has 2 aromatic rings. The van der Waals surface area contributed by atoms with E-state index in [1.807, 2.05) is 11.1 Å². The number of hydrogen-bond donors (Lipinski definition) is 0. The molecule has 2 aromatic heterocycles. The average Bonchev–Trinajstić information content (AvgIpc) is 3.24. The fourth-order valence-corrected chi connectivity index (χ4v) is 3.08. The van der Waals surface area contributed by atoms with Crippen LogP contribution in [0.3, 0.4) is 0 Å². The van der Waals surface area contributed by atoms with Crippen molar-refractivity contribution in [2.45, 2.75) is 51.6 Å². The van der Waals surface area contributed by atoms with Gasteiger partial charge in [0.05, 0.1) is 0 Å². The number of aromatic nitrogens is 6. The molecule has 0 saturated carbocycles. The van der Waals surface area contributed by atoms with E-state index in [1.54, 1.807) is 0 Å². The van der Waals surface area contributed by atoms with E-state index in [4.69, 9.17) is 0 Å². The molecule has 0 atom stereocenters. The van der Waals surface area contributed by atoms with Crippen LogP contribution < -0.4 is 0 Å². The molecule has 1 fully saturated rings. The number of carbonyl (C=O) groups is 1. The van der Waals surface area contributed by atoms with Crippen LogP contribution in [0.5, 0.6) is 0 Å². The number of likely N-dealkylation sites (tertiary alicyclic amines) is 1. The van der Waals surface area contributed by atoms with E-state index < -0.39 is 0 Å². The Bertz CT molecular complexity index is 614. The van der Waals surface area contributed by atoms with Crippen LogP contribution in [0.25, 0.3) is 0 Å². The Morgan fingerprint density at radius 1 is 1.35 bits per heavy atom. The summed E-state index contributed by atoms with van der Waals surface area (Å²) in [5.41, 5.74) is 0. The Labute approximate surface area is 135 Å². The van der Waals surface area contributed by atoms with E-state index in [1.165, 1.54) is 29.7 Å². The normalized spacial score (nSPS) is 16.0. The molecule has 0 aromatic carbocycles. The highest BCUT2D eigenvalue weighted by Gasteiger charge is 2.26. The zero-order valence-corrected chi connectivity index (χ0v) is 13.5. The Morgan fingerprint density at radius 3 is 2.87 bits per heavy atom. The molecule has 8 nitrogen and oxygen atoms in total. The third kappa shape index (κ3) is 3.75. The second kappa shape index (κ2) is 7.34. The minimum atomic E-state index is 0.0741. The minimum absolute atomic E-state index is 0.0741. The van der Waals surface area contributed by atoms with Gasteiger partial charge in [0.2, 0.25) is 5.91 Å². The molecule has 1 aliphatic rings. The molecule has 0 bridgehead atoms. The lowest BCUT2D eigenvalue weighted by Gasteiger charge is -2.32. The Kier molecular flexibility index (Phi) is 4.99. The van der Waals surface area contributed by atoms with Gasteiger partial charge < -0.3 is 9.47 Å². The van der Waals surface area contributed by atoms with Crippen molar-refractivity contribution in [3.63, 3.8) is 0 Å². The monoisotopic (exact) mass is 317 g/mol. The van der Waals surface area contributed by atoms with E-state index in [9.17, 15) is 4.79 Å². The molecule has 0 spiro atoms. The van der Waals surface area contributed by atoms with Crippen molar-refractivity contribution in [1.29, 1.82) is 0 Å². The Hall–Kier alpha value is -2.25. The number of amides is 1. The van der Waals surface area contributed by atoms with E-state index >= 15 is 0 Å². The van der Waals surface area contributed by atoms with E-state index in [0.717, 1.165) is 32.5 Å². The van der Waals surface area contributed by atoms with Crippen molar-refractivity contribution >= 4 is 5.91 Å². The van der Waals surface area contributed by atoms with Gasteiger partial charge in [0.1, 0.15) is 18.7 Å². The molecule has 3 rings (SSSR count). The summed E-state index contributed by atoms with van der Waals surface area (Å²) in [6.07, 6.45) is 9.71. The average molecular weight is 317 g/mol. The molecule has 1 aliphatic heterocycles. The van der Waals surface area contributed by atoms with Gasteiger partial charge in [-0.05, 0) is 29.7 Å². The maximum absolute atomic E-state index is 12.3. The topological polar surface area (TPSA) is 81.7 Å². The van der Waals surface area contributed by atoms with Gasteiger partial charge in [0.15, 0.2) is 0 Å². The SMILES string of the molecule is CCCCn1ccnc1C1CCN(C(=O)Cn2cnnn2)CC1. The van der Waals surface area contributed by atoms with Crippen molar-refractivity contribution < 1.29 is 4.79 Å². The summed E-state index contributed by atoms with van der Waals surface area (Å²) in [7, 11) is 0. The number of imidazole rings is 1. The van der Waals surface area contributed by atoms with Gasteiger partial charge in [-0.1, -0.05) is 13.3 Å². The zero-order chi connectivity index (χ0) is 16.1. The molecule has 0 radical (unpaired) electrons. The molecule has 1 saturated heterocycles. The summed E-state index contributed by atoms with van der Waals surface area (Å²) in [6.45, 7) is 4.98. The predicted octanol–water partition coefficient (Wildman–Crippen LogP) is 1.08. The van der Waals surface area contributed by atoms with Gasteiger partial charge >= 0.3 is 0 Å². The number of unbranched alkanes of at least 4 members (excludes halogenated alkanes) is 1. The molecule has 0 unspecified atom stereocenters. The number of hydrogen-bond acceptors (Lipinski definition) is 5. The van der Waals surface area contributed by atoms with Crippen LogP contribution in [-0.4, -0.2) is 53.7 Å². The largest absolute Gasteiger partial charge is 0.341 e. The second-order valence-corrected chi connectivity index (χ2v) is 5.99. The van der Waals surface area contributed by atoms with Crippen molar-refractivity contribution in [3.8, 4) is 0 Å². The predicted molar refractivity (Wildman–Crippen MR) is 83.5 cm³/mol. The first-order valence-electron chi connectivity index (χ1n) is 8.27. The van der Waals surface area contributed by atoms with Gasteiger partial charge in [-0.3, -0.25) is 4.79 Å². The molecule has 0 N–H and O–H groups in total. The van der Waals surface area contributed by atoms with E-state index in [0.29, 0.717) is 5.92 Å². The van der Waals surface area contributed by atoms with Gasteiger partial charge in [-0.25, -0.2) is 9.67 Å². The summed E-state index contributed by atoms with van der Waals surface area (Å²) in [5.74, 6) is 1.69. The van der Waals surface area contributed by atoms with Gasteiger partial charge in [0, 0.05) is 37.9 Å². The molecule has 3 heterocycles. The first-order valence-corrected chi connectivity index (χ1v) is 8.27. The van der Waals surface area contributed by atoms with Crippen LogP contribution in [-0.2, 0) is 17.9 Å². The van der Waals surface area contributed by atoms with Crippen LogP contribution >= 0.6 is 0 Å². The Morgan fingerprint density at radius 2 is 2.17 bits per heavy atom. The van der Waals surface area contributed by atoms with Crippen molar-refractivity contribution in [2.75, 3.05) is 13.1 Å². The van der Waals surface area contributed by atoms with E-state index in [-0.39, 0.29) is 12.5 Å².